The number of alkyl halides is 2. The molecule has 2 aromatic rings. The van der Waals surface area contributed by atoms with Gasteiger partial charge in [0.1, 0.15) is 11.3 Å². The third-order valence-electron chi connectivity index (χ3n) is 6.05. The number of thioether (sulfide) groups is 1. The number of carbonyl (C=O) groups excluding carboxylic acids is 2. The normalized spacial score (nSPS) is 16.9. The molecule has 8 nitrogen and oxygen atoms in total. The zero-order valence-corrected chi connectivity index (χ0v) is 22.0. The Hall–Kier alpha value is -3.02. The van der Waals surface area contributed by atoms with Crippen molar-refractivity contribution in [3.63, 3.8) is 0 Å². The van der Waals surface area contributed by atoms with E-state index < -0.39 is 23.4 Å². The van der Waals surface area contributed by atoms with E-state index in [1.54, 1.807) is 31.9 Å². The van der Waals surface area contributed by atoms with E-state index in [0.717, 1.165) is 11.8 Å². The minimum atomic E-state index is -3.04. The van der Waals surface area contributed by atoms with Gasteiger partial charge in [0.05, 0.1) is 5.69 Å². The maximum absolute atomic E-state index is 14.9. The third kappa shape index (κ3) is 6.11. The molecule has 2 heterocycles. The molecule has 4 rings (SSSR count). The number of fused-ring (bicyclic) bond motifs is 1. The van der Waals surface area contributed by atoms with Gasteiger partial charge in [0.15, 0.2) is 23.3 Å². The second-order valence-corrected chi connectivity index (χ2v) is 10.6. The van der Waals surface area contributed by atoms with Crippen molar-refractivity contribution in [2.24, 2.45) is 0 Å². The molecule has 1 aromatic carbocycles. The Balaban J connectivity index is 1.39. The van der Waals surface area contributed by atoms with Crippen molar-refractivity contribution < 1.29 is 32.2 Å². The second kappa shape index (κ2) is 10.4. The van der Waals surface area contributed by atoms with Gasteiger partial charge in [0, 0.05) is 43.7 Å². The molecule has 1 aromatic heterocycles. The zero-order valence-electron chi connectivity index (χ0n) is 21.1. The van der Waals surface area contributed by atoms with Gasteiger partial charge in [-0.1, -0.05) is 11.8 Å². The van der Waals surface area contributed by atoms with Crippen LogP contribution in [0.25, 0.3) is 11.3 Å². The van der Waals surface area contributed by atoms with Crippen LogP contribution in [0.2, 0.25) is 0 Å². The number of nitrogens with zero attached hydrogens (tertiary/aromatic N) is 4. The van der Waals surface area contributed by atoms with Gasteiger partial charge >= 0.3 is 6.09 Å². The SMILES string of the molecule is CSc1nc(-c2ccc(OCC(=O)N3CCN(C(=O)OC(C)(C)C)CC3)c(F)c2)c2c(n1)C(F)(F)CC2. The first-order valence-electron chi connectivity index (χ1n) is 11.9. The maximum Gasteiger partial charge on any atom is 0.410 e. The summed E-state index contributed by atoms with van der Waals surface area (Å²) >= 11 is 1.14. The Bertz CT molecular complexity index is 1200. The fraction of sp³-hybridized carbons (Fsp3) is 0.520. The van der Waals surface area contributed by atoms with Gasteiger partial charge in [0.25, 0.3) is 11.8 Å². The van der Waals surface area contributed by atoms with E-state index in [4.69, 9.17) is 9.47 Å². The second-order valence-electron chi connectivity index (χ2n) is 9.87. The molecule has 1 aliphatic heterocycles. The van der Waals surface area contributed by atoms with E-state index >= 15 is 0 Å². The molecule has 2 aliphatic rings. The number of piperazine rings is 1. The molecule has 0 spiro atoms. The molecule has 200 valence electrons. The fourth-order valence-electron chi connectivity index (χ4n) is 4.19. The number of halogens is 3. The summed E-state index contributed by atoms with van der Waals surface area (Å²) < 4.78 is 54.2. The summed E-state index contributed by atoms with van der Waals surface area (Å²) in [6.45, 7) is 6.24. The smallest absolute Gasteiger partial charge is 0.410 e. The number of rotatable bonds is 5. The highest BCUT2D eigenvalue weighted by molar-refractivity contribution is 7.98. The lowest BCUT2D eigenvalue weighted by Crippen LogP contribution is -2.52. The predicted molar refractivity (Wildman–Crippen MR) is 131 cm³/mol. The number of hydrogen-bond donors (Lipinski definition) is 0. The highest BCUT2D eigenvalue weighted by Gasteiger charge is 2.43. The predicted octanol–water partition coefficient (Wildman–Crippen LogP) is 4.50. The first kappa shape index (κ1) is 27.0. The summed E-state index contributed by atoms with van der Waals surface area (Å²) in [5, 5.41) is 0.188. The van der Waals surface area contributed by atoms with Crippen LogP contribution in [-0.2, 0) is 21.9 Å². The fourth-order valence-corrected chi connectivity index (χ4v) is 4.56. The third-order valence-corrected chi connectivity index (χ3v) is 6.59. The Kier molecular flexibility index (Phi) is 7.59. The van der Waals surface area contributed by atoms with E-state index in [0.29, 0.717) is 37.3 Å². The molecule has 37 heavy (non-hydrogen) atoms. The summed E-state index contributed by atoms with van der Waals surface area (Å²) in [5.74, 6) is -4.25. The maximum atomic E-state index is 14.9. The molecule has 12 heteroatoms. The number of benzene rings is 1. The van der Waals surface area contributed by atoms with Crippen molar-refractivity contribution in [1.29, 1.82) is 0 Å². The molecule has 0 N–H and O–H groups in total. The van der Waals surface area contributed by atoms with Gasteiger partial charge in [-0.3, -0.25) is 4.79 Å². The van der Waals surface area contributed by atoms with E-state index in [1.165, 1.54) is 23.1 Å². The summed E-state index contributed by atoms with van der Waals surface area (Å²) in [6.07, 6.45) is 0.993. The molecule has 2 amide bonds. The molecule has 0 bridgehead atoms. The molecule has 0 saturated carbocycles. The number of aromatic nitrogens is 2. The van der Waals surface area contributed by atoms with Crippen LogP contribution in [-0.4, -0.2) is 76.4 Å². The lowest BCUT2D eigenvalue weighted by molar-refractivity contribution is -0.135. The molecule has 0 radical (unpaired) electrons. The lowest BCUT2D eigenvalue weighted by Gasteiger charge is -2.35. The number of ether oxygens (including phenoxy) is 2. The minimum absolute atomic E-state index is 0.0991. The molecule has 0 atom stereocenters. The highest BCUT2D eigenvalue weighted by atomic mass is 32.2. The van der Waals surface area contributed by atoms with Gasteiger partial charge in [-0.05, 0) is 51.6 Å². The molecule has 1 saturated heterocycles. The van der Waals surface area contributed by atoms with Crippen LogP contribution >= 0.6 is 11.8 Å². The topological polar surface area (TPSA) is 84.9 Å². The quantitative estimate of drug-likeness (QED) is 0.409. The van der Waals surface area contributed by atoms with Crippen molar-refractivity contribution in [1.82, 2.24) is 19.8 Å². The minimum Gasteiger partial charge on any atom is -0.481 e. The monoisotopic (exact) mass is 538 g/mol. The van der Waals surface area contributed by atoms with Gasteiger partial charge in [0.2, 0.25) is 0 Å². The largest absolute Gasteiger partial charge is 0.481 e. The van der Waals surface area contributed by atoms with Crippen molar-refractivity contribution in [2.75, 3.05) is 39.0 Å². The van der Waals surface area contributed by atoms with E-state index in [2.05, 4.69) is 9.97 Å². The molecular formula is C25H29F3N4O4S. The highest BCUT2D eigenvalue weighted by Crippen LogP contribution is 2.44. The summed E-state index contributed by atoms with van der Waals surface area (Å²) in [5.41, 5.74) is 0.0152. The van der Waals surface area contributed by atoms with Gasteiger partial charge < -0.3 is 19.3 Å². The van der Waals surface area contributed by atoms with E-state index in [1.807, 2.05) is 0 Å². The molecular weight excluding hydrogens is 509 g/mol. The van der Waals surface area contributed by atoms with E-state index in [-0.39, 0.29) is 47.6 Å². The Morgan fingerprint density at radius 3 is 2.41 bits per heavy atom. The van der Waals surface area contributed by atoms with Crippen LogP contribution in [0.4, 0.5) is 18.0 Å². The first-order valence-corrected chi connectivity index (χ1v) is 13.1. The van der Waals surface area contributed by atoms with Crippen molar-refractivity contribution in [3.8, 4) is 17.0 Å². The number of hydrogen-bond acceptors (Lipinski definition) is 7. The van der Waals surface area contributed by atoms with Gasteiger partial charge in [-0.25, -0.2) is 19.2 Å². The van der Waals surface area contributed by atoms with Crippen LogP contribution in [0.1, 0.15) is 38.4 Å². The van der Waals surface area contributed by atoms with Gasteiger partial charge in [-0.15, -0.1) is 0 Å². The summed E-state index contributed by atoms with van der Waals surface area (Å²) in [6, 6.07) is 4.06. The van der Waals surface area contributed by atoms with Crippen molar-refractivity contribution in [3.05, 3.63) is 35.3 Å². The van der Waals surface area contributed by atoms with Crippen molar-refractivity contribution >= 4 is 23.8 Å². The van der Waals surface area contributed by atoms with Crippen LogP contribution in [0.15, 0.2) is 23.4 Å². The standard InChI is InChI=1S/C25H29F3N4O4S/c1-24(2,3)36-23(34)32-11-9-31(10-12-32)19(33)14-35-18-6-5-15(13-17(18)26)20-16-7-8-25(27,28)21(16)30-22(29-20)37-4/h5-6,13H,7-12,14H2,1-4H3. The summed E-state index contributed by atoms with van der Waals surface area (Å²) in [4.78, 5) is 36.2. The molecule has 1 aliphatic carbocycles. The first-order chi connectivity index (χ1) is 17.4. The Morgan fingerprint density at radius 1 is 1.11 bits per heavy atom. The number of carbonyl (C=O) groups is 2. The number of amides is 2. The van der Waals surface area contributed by atoms with E-state index in [9.17, 15) is 22.8 Å². The van der Waals surface area contributed by atoms with Crippen LogP contribution in [0.5, 0.6) is 5.75 Å². The molecule has 0 unspecified atom stereocenters. The Morgan fingerprint density at radius 2 is 1.78 bits per heavy atom. The zero-order chi connectivity index (χ0) is 27.0. The van der Waals surface area contributed by atoms with Crippen molar-refractivity contribution in [2.45, 2.75) is 50.3 Å². The van der Waals surface area contributed by atoms with Crippen LogP contribution < -0.4 is 4.74 Å². The lowest BCUT2D eigenvalue weighted by atomic mass is 10.0. The molecule has 1 fully saturated rings. The van der Waals surface area contributed by atoms with Crippen LogP contribution in [0.3, 0.4) is 0 Å². The average Bonchev–Trinajstić information content (AvgIpc) is 3.15. The Labute approximate surface area is 217 Å². The van der Waals surface area contributed by atoms with Crippen LogP contribution in [0, 0.1) is 5.82 Å². The average molecular weight is 539 g/mol. The summed E-state index contributed by atoms with van der Waals surface area (Å²) in [7, 11) is 0. The van der Waals surface area contributed by atoms with Gasteiger partial charge in [-0.2, -0.15) is 8.78 Å².